The van der Waals surface area contributed by atoms with Gasteiger partial charge in [0, 0.05) is 28.9 Å². The lowest BCUT2D eigenvalue weighted by atomic mass is 10.2. The maximum Gasteiger partial charge on any atom is 0.407 e. The molecule has 0 fully saturated rings. The van der Waals surface area contributed by atoms with Crippen LogP contribution in [0.15, 0.2) is 42.5 Å². The Morgan fingerprint density at radius 3 is 2.56 bits per heavy atom. The third-order valence-electron chi connectivity index (χ3n) is 3.12. The molecule has 0 spiro atoms. The third kappa shape index (κ3) is 6.39. The summed E-state index contributed by atoms with van der Waals surface area (Å²) in [5.74, 6) is -0.517. The predicted molar refractivity (Wildman–Crippen MR) is 96.8 cm³/mol. The van der Waals surface area contributed by atoms with Gasteiger partial charge in [0.15, 0.2) is 0 Å². The molecule has 0 aliphatic carbocycles. The number of amides is 2. The van der Waals surface area contributed by atoms with Gasteiger partial charge in [-0.1, -0.05) is 12.1 Å². The summed E-state index contributed by atoms with van der Waals surface area (Å²) >= 11 is 1.51. The van der Waals surface area contributed by atoms with Crippen molar-refractivity contribution in [2.75, 3.05) is 19.7 Å². The van der Waals surface area contributed by atoms with E-state index < -0.39 is 6.09 Å². The first-order chi connectivity index (χ1) is 12.1. The number of carbonyl (C=O) groups excluding carboxylic acids is 2. The molecule has 0 unspecified atom stereocenters. The Labute approximate surface area is 149 Å². The fourth-order valence-electron chi connectivity index (χ4n) is 1.96. The normalized spacial score (nSPS) is 10.6. The van der Waals surface area contributed by atoms with Crippen LogP contribution in [0.25, 0.3) is 16.5 Å². The zero-order chi connectivity index (χ0) is 18.1. The fourth-order valence-corrected chi connectivity index (χ4v) is 2.88. The second-order valence-corrected chi connectivity index (χ2v) is 6.10. The molecule has 25 heavy (non-hydrogen) atoms. The number of hydrogen-bond acceptors (Lipinski definition) is 4. The lowest BCUT2D eigenvalue weighted by Crippen LogP contribution is -2.34. The molecule has 7 heteroatoms. The van der Waals surface area contributed by atoms with Gasteiger partial charge in [0.1, 0.15) is 5.82 Å². The molecule has 132 valence electrons. The van der Waals surface area contributed by atoms with Crippen molar-refractivity contribution < 1.29 is 18.7 Å². The summed E-state index contributed by atoms with van der Waals surface area (Å²) < 4.78 is 17.6. The summed E-state index contributed by atoms with van der Waals surface area (Å²) in [5.41, 5.74) is 0.931. The van der Waals surface area contributed by atoms with E-state index in [0.29, 0.717) is 19.7 Å². The summed E-state index contributed by atoms with van der Waals surface area (Å²) in [7, 11) is 0. The summed E-state index contributed by atoms with van der Waals surface area (Å²) in [6, 6.07) is 10.1. The molecule has 0 aliphatic rings. The number of thiophene rings is 1. The third-order valence-corrected chi connectivity index (χ3v) is 4.22. The monoisotopic (exact) mass is 362 g/mol. The summed E-state index contributed by atoms with van der Waals surface area (Å²) in [6.45, 7) is 2.64. The minimum atomic E-state index is -0.501. The van der Waals surface area contributed by atoms with Gasteiger partial charge in [-0.3, -0.25) is 4.79 Å². The average molecular weight is 362 g/mol. The standard InChI is InChI=1S/C18H19FN2O3S/c1-2-24-18(23)21-12-11-20-17(22)10-8-15-7-9-16(25-15)13-3-5-14(19)6-4-13/h3-10H,2,11-12H2,1H3,(H,20,22)(H,21,23)/b10-8+. The number of alkyl carbamates (subject to hydrolysis) is 1. The van der Waals surface area contributed by atoms with Crippen LogP contribution in [0.4, 0.5) is 9.18 Å². The van der Waals surface area contributed by atoms with E-state index in [4.69, 9.17) is 4.74 Å². The van der Waals surface area contributed by atoms with Crippen LogP contribution >= 0.6 is 11.3 Å². The number of carbonyl (C=O) groups is 2. The lowest BCUT2D eigenvalue weighted by Gasteiger charge is -2.05. The van der Waals surface area contributed by atoms with Crippen molar-refractivity contribution in [1.82, 2.24) is 10.6 Å². The molecule has 0 bridgehead atoms. The van der Waals surface area contributed by atoms with E-state index >= 15 is 0 Å². The van der Waals surface area contributed by atoms with Gasteiger partial charge in [0.2, 0.25) is 5.91 Å². The van der Waals surface area contributed by atoms with Crippen molar-refractivity contribution in [1.29, 1.82) is 0 Å². The zero-order valence-corrected chi connectivity index (χ0v) is 14.6. The second kappa shape index (κ2) is 9.58. The topological polar surface area (TPSA) is 67.4 Å². The molecular weight excluding hydrogens is 343 g/mol. The molecule has 0 saturated heterocycles. The highest BCUT2D eigenvalue weighted by Gasteiger charge is 2.03. The van der Waals surface area contributed by atoms with Gasteiger partial charge in [0.25, 0.3) is 0 Å². The first kappa shape index (κ1) is 18.7. The van der Waals surface area contributed by atoms with Crippen molar-refractivity contribution in [3.05, 3.63) is 53.2 Å². The van der Waals surface area contributed by atoms with Crippen molar-refractivity contribution in [3.8, 4) is 10.4 Å². The Morgan fingerprint density at radius 1 is 1.12 bits per heavy atom. The van der Waals surface area contributed by atoms with Crippen LogP contribution in [0, 0.1) is 5.82 Å². The van der Waals surface area contributed by atoms with Crippen molar-refractivity contribution >= 4 is 29.4 Å². The minimum Gasteiger partial charge on any atom is -0.450 e. The summed E-state index contributed by atoms with van der Waals surface area (Å²) in [4.78, 5) is 24.7. The van der Waals surface area contributed by atoms with Gasteiger partial charge in [-0.2, -0.15) is 0 Å². The molecule has 2 amide bonds. The highest BCUT2D eigenvalue weighted by atomic mass is 32.1. The molecule has 2 rings (SSSR count). The predicted octanol–water partition coefficient (Wildman–Crippen LogP) is 3.43. The molecule has 0 aliphatic heterocycles. The number of nitrogens with one attached hydrogen (secondary N) is 2. The number of rotatable bonds is 7. The number of ether oxygens (including phenoxy) is 1. The van der Waals surface area contributed by atoms with E-state index in [1.54, 1.807) is 25.1 Å². The SMILES string of the molecule is CCOC(=O)NCCNC(=O)/C=C/c1ccc(-c2ccc(F)cc2)s1. The van der Waals surface area contributed by atoms with Gasteiger partial charge in [-0.05, 0) is 42.8 Å². The number of benzene rings is 1. The minimum absolute atomic E-state index is 0.248. The van der Waals surface area contributed by atoms with Crippen LogP contribution in [0.5, 0.6) is 0 Å². The van der Waals surface area contributed by atoms with E-state index in [1.807, 2.05) is 12.1 Å². The van der Waals surface area contributed by atoms with Crippen LogP contribution in [0.2, 0.25) is 0 Å². The lowest BCUT2D eigenvalue weighted by molar-refractivity contribution is -0.116. The van der Waals surface area contributed by atoms with E-state index in [-0.39, 0.29) is 11.7 Å². The van der Waals surface area contributed by atoms with Gasteiger partial charge < -0.3 is 15.4 Å². The van der Waals surface area contributed by atoms with E-state index in [9.17, 15) is 14.0 Å². The van der Waals surface area contributed by atoms with E-state index in [2.05, 4.69) is 10.6 Å². The van der Waals surface area contributed by atoms with Crippen LogP contribution in [-0.4, -0.2) is 31.7 Å². The quantitative estimate of drug-likeness (QED) is 0.586. The van der Waals surface area contributed by atoms with Crippen molar-refractivity contribution in [2.24, 2.45) is 0 Å². The molecule has 0 atom stereocenters. The van der Waals surface area contributed by atoms with Gasteiger partial charge in [-0.15, -0.1) is 11.3 Å². The van der Waals surface area contributed by atoms with Crippen LogP contribution < -0.4 is 10.6 Å². The molecule has 0 radical (unpaired) electrons. The Kier molecular flexibility index (Phi) is 7.16. The molecular formula is C18H19FN2O3S. The fraction of sp³-hybridized carbons (Fsp3) is 0.222. The Balaban J connectivity index is 1.78. The first-order valence-corrected chi connectivity index (χ1v) is 8.62. The first-order valence-electron chi connectivity index (χ1n) is 7.81. The van der Waals surface area contributed by atoms with Crippen LogP contribution in [0.1, 0.15) is 11.8 Å². The molecule has 2 N–H and O–H groups in total. The van der Waals surface area contributed by atoms with Gasteiger partial charge in [-0.25, -0.2) is 9.18 Å². The Bertz CT molecular complexity index is 741. The largest absolute Gasteiger partial charge is 0.450 e. The Hall–Kier alpha value is -2.67. The maximum absolute atomic E-state index is 12.9. The highest BCUT2D eigenvalue weighted by molar-refractivity contribution is 7.16. The van der Waals surface area contributed by atoms with E-state index in [1.165, 1.54) is 29.5 Å². The number of hydrogen-bond donors (Lipinski definition) is 2. The van der Waals surface area contributed by atoms with Gasteiger partial charge in [0.05, 0.1) is 6.61 Å². The molecule has 0 saturated carbocycles. The molecule has 1 heterocycles. The van der Waals surface area contributed by atoms with Crippen LogP contribution in [0.3, 0.4) is 0 Å². The molecule has 5 nitrogen and oxygen atoms in total. The maximum atomic E-state index is 12.9. The number of halogens is 1. The highest BCUT2D eigenvalue weighted by Crippen LogP contribution is 2.28. The Morgan fingerprint density at radius 2 is 1.84 bits per heavy atom. The molecule has 2 aromatic rings. The molecule has 1 aromatic heterocycles. The second-order valence-electron chi connectivity index (χ2n) is 4.98. The average Bonchev–Trinajstić information content (AvgIpc) is 3.07. The van der Waals surface area contributed by atoms with Crippen molar-refractivity contribution in [2.45, 2.75) is 6.92 Å². The molecule has 1 aromatic carbocycles. The zero-order valence-electron chi connectivity index (χ0n) is 13.8. The van der Waals surface area contributed by atoms with E-state index in [0.717, 1.165) is 15.3 Å². The van der Waals surface area contributed by atoms with Crippen LogP contribution in [-0.2, 0) is 9.53 Å². The summed E-state index contributed by atoms with van der Waals surface area (Å²) in [6.07, 6.45) is 2.65. The van der Waals surface area contributed by atoms with Crippen molar-refractivity contribution in [3.63, 3.8) is 0 Å². The smallest absolute Gasteiger partial charge is 0.407 e. The summed E-state index contributed by atoms with van der Waals surface area (Å²) in [5, 5.41) is 5.18. The van der Waals surface area contributed by atoms with Gasteiger partial charge >= 0.3 is 6.09 Å².